The zero-order chi connectivity index (χ0) is 12.4. The van der Waals surface area contributed by atoms with Crippen molar-refractivity contribution < 1.29 is 19.1 Å². The topological polar surface area (TPSA) is 73.3 Å². The molecule has 1 atom stereocenters. The minimum absolute atomic E-state index is 0.0673. The highest BCUT2D eigenvalue weighted by atomic mass is 32.2. The first-order chi connectivity index (χ1) is 8.15. The lowest BCUT2D eigenvalue weighted by Gasteiger charge is -2.13. The zero-order valence-corrected chi connectivity index (χ0v) is 10.6. The molecule has 90 valence electrons. The normalized spacial score (nSPS) is 18.6. The number of aldehydes is 1. The third-order valence-corrected chi connectivity index (χ3v) is 4.51. The molecule has 1 aromatic heterocycles. The maximum atomic E-state index is 11.8. The summed E-state index contributed by atoms with van der Waals surface area (Å²) < 4.78 is 4.54. The average Bonchev–Trinajstić information content (AvgIpc) is 2.73. The van der Waals surface area contributed by atoms with Crippen molar-refractivity contribution in [3.63, 3.8) is 0 Å². The molecule has 5 nitrogen and oxygen atoms in total. The van der Waals surface area contributed by atoms with Crippen LogP contribution in [0.4, 0.5) is 0 Å². The number of hydrogen-bond donors (Lipinski definition) is 0. The molecule has 1 aliphatic heterocycles. The molecule has 0 aliphatic carbocycles. The molecule has 2 rings (SSSR count). The third-order valence-electron chi connectivity index (χ3n) is 2.27. The number of Topliss-reactive ketones (excluding diaryl/α,β-unsaturated/α-hetero) is 1. The van der Waals surface area contributed by atoms with Gasteiger partial charge in [-0.15, -0.1) is 23.1 Å². The van der Waals surface area contributed by atoms with Gasteiger partial charge < -0.3 is 9.53 Å². The van der Waals surface area contributed by atoms with Crippen LogP contribution in [0.3, 0.4) is 0 Å². The fourth-order valence-corrected chi connectivity index (χ4v) is 3.54. The van der Waals surface area contributed by atoms with Gasteiger partial charge in [-0.1, -0.05) is 0 Å². The molecule has 7 heteroatoms. The lowest BCUT2D eigenvalue weighted by molar-refractivity contribution is -0.139. The van der Waals surface area contributed by atoms with Gasteiger partial charge in [-0.3, -0.25) is 9.59 Å². The Morgan fingerprint density at radius 1 is 1.65 bits per heavy atom. The van der Waals surface area contributed by atoms with Gasteiger partial charge in [0, 0.05) is 5.75 Å². The Labute approximate surface area is 106 Å². The highest BCUT2D eigenvalue weighted by Crippen LogP contribution is 2.32. The fourth-order valence-electron chi connectivity index (χ4n) is 1.44. The van der Waals surface area contributed by atoms with Crippen molar-refractivity contribution in [2.24, 2.45) is 0 Å². The molecular formula is C10H9NO4S2. The van der Waals surface area contributed by atoms with E-state index in [2.05, 4.69) is 9.72 Å². The number of esters is 1. The molecule has 1 aliphatic rings. The minimum Gasteiger partial charge on any atom is -0.469 e. The number of thioether (sulfide) groups is 1. The summed E-state index contributed by atoms with van der Waals surface area (Å²) in [5.74, 6) is -0.0645. The standard InChI is InChI=1S/C10H9NO4S2/c1-15-8(13)2-7-11-5-4-16-6(3-12)9(14)10(5)17-7/h3,6H,2,4H2,1H3. The average molecular weight is 271 g/mol. The third kappa shape index (κ3) is 2.39. The number of fused-ring (bicyclic) bond motifs is 1. The Morgan fingerprint density at radius 3 is 3.06 bits per heavy atom. The summed E-state index contributed by atoms with van der Waals surface area (Å²) in [7, 11) is 1.30. The van der Waals surface area contributed by atoms with Crippen LogP contribution in [-0.2, 0) is 26.5 Å². The highest BCUT2D eigenvalue weighted by molar-refractivity contribution is 8.00. The summed E-state index contributed by atoms with van der Waals surface area (Å²) in [5, 5.41) is -0.0729. The van der Waals surface area contributed by atoms with E-state index in [9.17, 15) is 14.4 Å². The number of carbonyl (C=O) groups is 3. The number of ketones is 1. The molecule has 0 spiro atoms. The van der Waals surface area contributed by atoms with Crippen molar-refractivity contribution in [3.05, 3.63) is 15.6 Å². The SMILES string of the molecule is COC(=O)Cc1nc2c(s1)C(=O)C(C=O)SC2. The molecule has 0 bridgehead atoms. The second kappa shape index (κ2) is 4.97. The van der Waals surface area contributed by atoms with Crippen LogP contribution >= 0.6 is 23.1 Å². The highest BCUT2D eigenvalue weighted by Gasteiger charge is 2.31. The van der Waals surface area contributed by atoms with Crippen LogP contribution in [0.15, 0.2) is 0 Å². The zero-order valence-electron chi connectivity index (χ0n) is 8.97. The molecule has 2 heterocycles. The summed E-state index contributed by atoms with van der Waals surface area (Å²) in [4.78, 5) is 38.3. The molecule has 0 saturated carbocycles. The van der Waals surface area contributed by atoms with Crippen LogP contribution in [0.2, 0.25) is 0 Å². The Morgan fingerprint density at radius 2 is 2.41 bits per heavy atom. The van der Waals surface area contributed by atoms with Crippen LogP contribution < -0.4 is 0 Å². The number of rotatable bonds is 3. The van der Waals surface area contributed by atoms with Gasteiger partial charge in [-0.2, -0.15) is 0 Å². The predicted molar refractivity (Wildman–Crippen MR) is 63.3 cm³/mol. The van der Waals surface area contributed by atoms with Crippen molar-refractivity contribution in [2.45, 2.75) is 17.4 Å². The second-order valence-corrected chi connectivity index (χ2v) is 5.58. The van der Waals surface area contributed by atoms with Crippen LogP contribution in [0.1, 0.15) is 20.4 Å². The number of ether oxygens (including phenoxy) is 1. The minimum atomic E-state index is -0.631. The van der Waals surface area contributed by atoms with Gasteiger partial charge in [0.25, 0.3) is 0 Å². The first-order valence-electron chi connectivity index (χ1n) is 4.82. The van der Waals surface area contributed by atoms with E-state index < -0.39 is 5.25 Å². The van der Waals surface area contributed by atoms with E-state index in [1.54, 1.807) is 0 Å². The summed E-state index contributed by atoms with van der Waals surface area (Å²) in [6.07, 6.45) is 0.716. The molecule has 0 saturated heterocycles. The van der Waals surface area contributed by atoms with Crippen LogP contribution in [0.5, 0.6) is 0 Å². The van der Waals surface area contributed by atoms with E-state index in [0.29, 0.717) is 27.6 Å². The maximum Gasteiger partial charge on any atom is 0.312 e. The van der Waals surface area contributed by atoms with Crippen molar-refractivity contribution in [2.75, 3.05) is 7.11 Å². The number of nitrogens with zero attached hydrogens (tertiary/aromatic N) is 1. The molecule has 17 heavy (non-hydrogen) atoms. The van der Waals surface area contributed by atoms with E-state index in [4.69, 9.17) is 0 Å². The van der Waals surface area contributed by atoms with E-state index in [0.717, 1.165) is 0 Å². The Hall–Kier alpha value is -1.21. The van der Waals surface area contributed by atoms with Gasteiger partial charge in [0.15, 0.2) is 5.78 Å². The molecule has 1 unspecified atom stereocenters. The first-order valence-corrected chi connectivity index (χ1v) is 6.68. The number of methoxy groups -OCH3 is 1. The largest absolute Gasteiger partial charge is 0.469 e. The van der Waals surface area contributed by atoms with Crippen molar-refractivity contribution in [3.8, 4) is 0 Å². The Balaban J connectivity index is 2.24. The summed E-state index contributed by atoms with van der Waals surface area (Å²) in [6.45, 7) is 0. The van der Waals surface area contributed by atoms with Gasteiger partial charge >= 0.3 is 5.97 Å². The van der Waals surface area contributed by atoms with Gasteiger partial charge in [0.1, 0.15) is 16.5 Å². The first kappa shape index (κ1) is 12.3. The van der Waals surface area contributed by atoms with Gasteiger partial charge in [-0.05, 0) is 0 Å². The Bertz CT molecular complexity index is 483. The molecule has 0 amide bonds. The van der Waals surface area contributed by atoms with Gasteiger partial charge in [-0.25, -0.2) is 4.98 Å². The number of thiazole rings is 1. The molecule has 0 aromatic carbocycles. The quantitative estimate of drug-likeness (QED) is 0.461. The fraction of sp³-hybridized carbons (Fsp3) is 0.400. The lowest BCUT2D eigenvalue weighted by atomic mass is 10.2. The monoisotopic (exact) mass is 271 g/mol. The smallest absolute Gasteiger partial charge is 0.312 e. The molecule has 0 N–H and O–H groups in total. The predicted octanol–water partition coefficient (Wildman–Crippen LogP) is 0.856. The van der Waals surface area contributed by atoms with Crippen LogP contribution in [-0.4, -0.2) is 35.4 Å². The van der Waals surface area contributed by atoms with Crippen molar-refractivity contribution in [1.82, 2.24) is 4.98 Å². The number of aromatic nitrogens is 1. The summed E-state index contributed by atoms with van der Waals surface area (Å²) >= 11 is 2.43. The number of hydrogen-bond acceptors (Lipinski definition) is 7. The molecular weight excluding hydrogens is 262 g/mol. The van der Waals surface area contributed by atoms with Gasteiger partial charge in [0.05, 0.1) is 24.1 Å². The molecule has 0 radical (unpaired) electrons. The molecule has 1 aromatic rings. The van der Waals surface area contributed by atoms with Crippen LogP contribution in [0.25, 0.3) is 0 Å². The summed E-state index contributed by atoms with van der Waals surface area (Å²) in [6, 6.07) is 0. The van der Waals surface area contributed by atoms with Crippen molar-refractivity contribution >= 4 is 41.1 Å². The lowest BCUT2D eigenvalue weighted by Crippen LogP contribution is -2.23. The number of carbonyl (C=O) groups excluding carboxylic acids is 3. The maximum absolute atomic E-state index is 11.8. The Kier molecular flexibility index (Phi) is 3.58. The molecule has 0 fully saturated rings. The van der Waals surface area contributed by atoms with E-state index in [1.807, 2.05) is 0 Å². The van der Waals surface area contributed by atoms with Crippen LogP contribution in [0, 0.1) is 0 Å². The van der Waals surface area contributed by atoms with E-state index >= 15 is 0 Å². The summed E-state index contributed by atoms with van der Waals surface area (Å²) in [5.41, 5.74) is 0.669. The van der Waals surface area contributed by atoms with E-state index in [1.165, 1.54) is 30.2 Å². The second-order valence-electron chi connectivity index (χ2n) is 3.37. The van der Waals surface area contributed by atoms with Gasteiger partial charge in [0.2, 0.25) is 0 Å². The van der Waals surface area contributed by atoms with E-state index in [-0.39, 0.29) is 18.2 Å². The van der Waals surface area contributed by atoms with Crippen molar-refractivity contribution in [1.29, 1.82) is 0 Å².